The van der Waals surface area contributed by atoms with Gasteiger partial charge in [-0.05, 0) is 13.0 Å². The number of carbonyl (C=O) groups excluding carboxylic acids is 1. The highest BCUT2D eigenvalue weighted by Gasteiger charge is 2.16. The molecule has 0 saturated heterocycles. The zero-order valence-electron chi connectivity index (χ0n) is 9.78. The molecule has 2 rings (SSSR count). The summed E-state index contributed by atoms with van der Waals surface area (Å²) in [5.41, 5.74) is -0.391. The maximum atomic E-state index is 11.8. The quantitative estimate of drug-likeness (QED) is 0.644. The van der Waals surface area contributed by atoms with E-state index in [9.17, 15) is 20.0 Å². The number of aryl methyl sites for hydroxylation is 1. The fourth-order valence-electron chi connectivity index (χ4n) is 1.43. The molecular weight excluding hydrogens is 254 g/mol. The predicted octanol–water partition coefficient (Wildman–Crippen LogP) is 1.85. The number of aromatic nitrogens is 1. The van der Waals surface area contributed by atoms with Crippen LogP contribution in [0, 0.1) is 17.0 Å². The number of hydrogen-bond acceptors (Lipinski definition) is 6. The summed E-state index contributed by atoms with van der Waals surface area (Å²) < 4.78 is 4.77. The number of rotatable bonds is 3. The van der Waals surface area contributed by atoms with Crippen LogP contribution in [0.3, 0.4) is 0 Å². The molecule has 0 atom stereocenters. The van der Waals surface area contributed by atoms with Gasteiger partial charge in [0.25, 0.3) is 11.6 Å². The Hall–Kier alpha value is -2.90. The maximum absolute atomic E-state index is 11.8. The third-order valence-electron chi connectivity index (χ3n) is 2.31. The van der Waals surface area contributed by atoms with Crippen LogP contribution in [-0.4, -0.2) is 21.1 Å². The highest BCUT2D eigenvalue weighted by molar-refractivity contribution is 6.05. The van der Waals surface area contributed by atoms with E-state index in [2.05, 4.69) is 10.5 Å². The van der Waals surface area contributed by atoms with E-state index in [4.69, 9.17) is 4.52 Å². The molecule has 0 unspecified atom stereocenters. The first kappa shape index (κ1) is 12.6. The average Bonchev–Trinajstić information content (AvgIpc) is 2.74. The number of anilines is 1. The van der Waals surface area contributed by atoms with Crippen molar-refractivity contribution in [2.45, 2.75) is 6.92 Å². The second-order valence-electron chi connectivity index (χ2n) is 3.74. The Labute approximate surface area is 106 Å². The lowest BCUT2D eigenvalue weighted by Crippen LogP contribution is -2.12. The SMILES string of the molecule is Cc1cc(NC(=O)c2ccc([N+](=O)[O-])cc2O)no1. The summed E-state index contributed by atoms with van der Waals surface area (Å²) >= 11 is 0. The van der Waals surface area contributed by atoms with E-state index >= 15 is 0 Å². The molecule has 2 aromatic rings. The van der Waals surface area contributed by atoms with Crippen molar-refractivity contribution in [1.82, 2.24) is 5.16 Å². The van der Waals surface area contributed by atoms with Gasteiger partial charge in [0.15, 0.2) is 5.82 Å². The van der Waals surface area contributed by atoms with Gasteiger partial charge in [0.1, 0.15) is 11.5 Å². The first-order valence-corrected chi connectivity index (χ1v) is 5.19. The van der Waals surface area contributed by atoms with Crippen molar-refractivity contribution in [2.24, 2.45) is 0 Å². The van der Waals surface area contributed by atoms with Crippen LogP contribution < -0.4 is 5.32 Å². The molecule has 1 amide bonds. The summed E-state index contributed by atoms with van der Waals surface area (Å²) in [6.45, 7) is 1.66. The molecule has 0 spiro atoms. The molecule has 1 aromatic carbocycles. The fraction of sp³-hybridized carbons (Fsp3) is 0.0909. The van der Waals surface area contributed by atoms with E-state index in [1.165, 1.54) is 6.07 Å². The van der Waals surface area contributed by atoms with Crippen molar-refractivity contribution in [3.05, 3.63) is 45.7 Å². The molecule has 0 aliphatic rings. The van der Waals surface area contributed by atoms with Crippen molar-refractivity contribution in [3.8, 4) is 5.75 Å². The number of nitro benzene ring substituents is 1. The van der Waals surface area contributed by atoms with Gasteiger partial charge in [-0.25, -0.2) is 0 Å². The van der Waals surface area contributed by atoms with Crippen molar-refractivity contribution < 1.29 is 19.3 Å². The van der Waals surface area contributed by atoms with Crippen LogP contribution in [0.25, 0.3) is 0 Å². The van der Waals surface area contributed by atoms with Gasteiger partial charge >= 0.3 is 0 Å². The van der Waals surface area contributed by atoms with Gasteiger partial charge in [-0.1, -0.05) is 5.16 Å². The number of hydrogen-bond donors (Lipinski definition) is 2. The minimum absolute atomic E-state index is 0.0914. The molecular formula is C11H9N3O5. The number of carbonyl (C=O) groups is 1. The number of phenols is 1. The van der Waals surface area contributed by atoms with E-state index < -0.39 is 16.6 Å². The second-order valence-corrected chi connectivity index (χ2v) is 3.74. The zero-order valence-corrected chi connectivity index (χ0v) is 9.78. The monoisotopic (exact) mass is 263 g/mol. The largest absolute Gasteiger partial charge is 0.507 e. The van der Waals surface area contributed by atoms with E-state index in [1.54, 1.807) is 6.92 Å². The number of nitro groups is 1. The Bertz CT molecular complexity index is 650. The van der Waals surface area contributed by atoms with Crippen LogP contribution in [0.2, 0.25) is 0 Å². The summed E-state index contributed by atoms with van der Waals surface area (Å²) in [6, 6.07) is 4.70. The van der Waals surface area contributed by atoms with E-state index in [1.807, 2.05) is 0 Å². The first-order valence-electron chi connectivity index (χ1n) is 5.19. The molecule has 0 radical (unpaired) electrons. The summed E-state index contributed by atoms with van der Waals surface area (Å²) in [5, 5.41) is 26.0. The Kier molecular flexibility index (Phi) is 3.15. The van der Waals surface area contributed by atoms with Gasteiger partial charge in [0.05, 0.1) is 16.6 Å². The number of non-ortho nitro benzene ring substituents is 1. The van der Waals surface area contributed by atoms with Gasteiger partial charge < -0.3 is 14.9 Å². The summed E-state index contributed by atoms with van der Waals surface area (Å²) in [7, 11) is 0. The predicted molar refractivity (Wildman–Crippen MR) is 64.0 cm³/mol. The van der Waals surface area contributed by atoms with Crippen LogP contribution >= 0.6 is 0 Å². The van der Waals surface area contributed by atoms with E-state index in [0.717, 1.165) is 18.2 Å². The van der Waals surface area contributed by atoms with E-state index in [0.29, 0.717) is 5.76 Å². The Morgan fingerprint density at radius 1 is 1.47 bits per heavy atom. The molecule has 2 N–H and O–H groups in total. The molecule has 0 saturated carbocycles. The number of aromatic hydroxyl groups is 1. The summed E-state index contributed by atoms with van der Waals surface area (Å²) in [5.74, 6) is -0.406. The molecule has 0 bridgehead atoms. The normalized spacial score (nSPS) is 10.2. The van der Waals surface area contributed by atoms with Gasteiger partial charge in [-0.15, -0.1) is 0 Å². The van der Waals surface area contributed by atoms with Crippen LogP contribution in [-0.2, 0) is 0 Å². The van der Waals surface area contributed by atoms with Crippen molar-refractivity contribution >= 4 is 17.4 Å². The topological polar surface area (TPSA) is 118 Å². The lowest BCUT2D eigenvalue weighted by atomic mass is 10.1. The van der Waals surface area contributed by atoms with Gasteiger partial charge in [-0.3, -0.25) is 14.9 Å². The molecule has 0 aliphatic heterocycles. The average molecular weight is 263 g/mol. The van der Waals surface area contributed by atoms with Gasteiger partial charge in [0.2, 0.25) is 0 Å². The molecule has 0 aliphatic carbocycles. The minimum atomic E-state index is -0.664. The van der Waals surface area contributed by atoms with Crippen molar-refractivity contribution in [1.29, 1.82) is 0 Å². The van der Waals surface area contributed by atoms with Crippen molar-refractivity contribution in [2.75, 3.05) is 5.32 Å². The smallest absolute Gasteiger partial charge is 0.273 e. The van der Waals surface area contributed by atoms with Crippen LogP contribution in [0.15, 0.2) is 28.8 Å². The lowest BCUT2D eigenvalue weighted by molar-refractivity contribution is -0.384. The molecule has 0 fully saturated rings. The first-order chi connectivity index (χ1) is 8.97. The Morgan fingerprint density at radius 3 is 2.74 bits per heavy atom. The molecule has 8 nitrogen and oxygen atoms in total. The van der Waals surface area contributed by atoms with Crippen LogP contribution in [0.5, 0.6) is 5.75 Å². The van der Waals surface area contributed by atoms with Gasteiger partial charge in [0, 0.05) is 12.1 Å². The molecule has 1 heterocycles. The molecule has 8 heteroatoms. The fourth-order valence-corrected chi connectivity index (χ4v) is 1.43. The minimum Gasteiger partial charge on any atom is -0.507 e. The van der Waals surface area contributed by atoms with Crippen LogP contribution in [0.1, 0.15) is 16.1 Å². The third kappa shape index (κ3) is 2.68. The molecule has 98 valence electrons. The molecule has 1 aromatic heterocycles. The maximum Gasteiger partial charge on any atom is 0.273 e. The third-order valence-corrected chi connectivity index (χ3v) is 2.31. The highest BCUT2D eigenvalue weighted by Crippen LogP contribution is 2.24. The summed E-state index contributed by atoms with van der Waals surface area (Å²) in [6.07, 6.45) is 0. The lowest BCUT2D eigenvalue weighted by Gasteiger charge is -2.03. The Balaban J connectivity index is 2.22. The number of nitrogens with one attached hydrogen (secondary N) is 1. The second kappa shape index (κ2) is 4.77. The zero-order chi connectivity index (χ0) is 14.0. The van der Waals surface area contributed by atoms with Crippen LogP contribution in [0.4, 0.5) is 11.5 Å². The standard InChI is InChI=1S/C11H9N3O5/c1-6-4-10(13-19-6)12-11(16)8-3-2-7(14(17)18)5-9(8)15/h2-5,15H,1H3,(H,12,13,16). The number of benzene rings is 1. The number of amides is 1. The molecule has 19 heavy (non-hydrogen) atoms. The van der Waals surface area contributed by atoms with Crippen molar-refractivity contribution in [3.63, 3.8) is 0 Å². The van der Waals surface area contributed by atoms with Gasteiger partial charge in [-0.2, -0.15) is 0 Å². The summed E-state index contributed by atoms with van der Waals surface area (Å²) in [4.78, 5) is 21.6. The number of nitrogens with zero attached hydrogens (tertiary/aromatic N) is 2. The Morgan fingerprint density at radius 2 is 2.21 bits per heavy atom. The van der Waals surface area contributed by atoms with E-state index in [-0.39, 0.29) is 17.1 Å². The number of phenolic OH excluding ortho intramolecular Hbond substituents is 1. The highest BCUT2D eigenvalue weighted by atomic mass is 16.6.